The van der Waals surface area contributed by atoms with Crippen LogP contribution in [-0.2, 0) is 19.6 Å². The van der Waals surface area contributed by atoms with Crippen LogP contribution < -0.4 is 4.90 Å². The minimum absolute atomic E-state index is 0.182. The van der Waals surface area contributed by atoms with Gasteiger partial charge in [0.05, 0.1) is 18.8 Å². The molecule has 27 heavy (non-hydrogen) atoms. The second-order valence-electron chi connectivity index (χ2n) is 6.71. The molecule has 1 aromatic carbocycles. The Balaban J connectivity index is 1.53. The lowest BCUT2D eigenvalue weighted by atomic mass is 10.2. The quantitative estimate of drug-likeness (QED) is 0.707. The molecule has 3 heterocycles. The molecular formula is C19H19FN6O. The van der Waals surface area contributed by atoms with Gasteiger partial charge in [0, 0.05) is 44.8 Å². The minimum Gasteiger partial charge on any atom is -0.344 e. The number of anilines is 1. The number of hydrogen-bond donors (Lipinski definition) is 0. The fourth-order valence-corrected chi connectivity index (χ4v) is 3.19. The topological polar surface area (TPSA) is 67.2 Å². The van der Waals surface area contributed by atoms with Crippen molar-refractivity contribution in [2.45, 2.75) is 19.6 Å². The summed E-state index contributed by atoms with van der Waals surface area (Å²) in [5.74, 6) is 0.129. The van der Waals surface area contributed by atoms with Crippen LogP contribution in [0.25, 0.3) is 0 Å². The fourth-order valence-electron chi connectivity index (χ4n) is 3.19. The molecule has 0 fully saturated rings. The lowest BCUT2D eigenvalue weighted by Gasteiger charge is -2.20. The molecule has 0 atom stereocenters. The number of rotatable bonds is 4. The molecule has 1 aliphatic rings. The monoisotopic (exact) mass is 366 g/mol. The van der Waals surface area contributed by atoms with E-state index in [0.29, 0.717) is 31.1 Å². The zero-order valence-corrected chi connectivity index (χ0v) is 15.1. The molecule has 8 heteroatoms. The van der Waals surface area contributed by atoms with Crippen LogP contribution in [0.4, 0.5) is 10.2 Å². The molecule has 1 amide bonds. The average Bonchev–Trinajstić information content (AvgIpc) is 3.19. The van der Waals surface area contributed by atoms with Crippen molar-refractivity contribution in [3.63, 3.8) is 0 Å². The molecule has 0 saturated carbocycles. The molecule has 0 radical (unpaired) electrons. The maximum absolute atomic E-state index is 13.4. The average molecular weight is 366 g/mol. The number of fused-ring (bicyclic) bond motifs is 1. The summed E-state index contributed by atoms with van der Waals surface area (Å²) in [5.41, 5.74) is 3.20. The van der Waals surface area contributed by atoms with Crippen molar-refractivity contribution in [2.24, 2.45) is 0 Å². The largest absolute Gasteiger partial charge is 0.344 e. The van der Waals surface area contributed by atoms with Crippen LogP contribution in [0.5, 0.6) is 0 Å². The Bertz CT molecular complexity index is 976. The molecule has 7 nitrogen and oxygen atoms in total. The normalized spacial score (nSPS) is 12.9. The van der Waals surface area contributed by atoms with Gasteiger partial charge < -0.3 is 9.80 Å². The van der Waals surface area contributed by atoms with Crippen molar-refractivity contribution in [1.29, 1.82) is 0 Å². The Morgan fingerprint density at radius 2 is 2.04 bits per heavy atom. The molecule has 4 rings (SSSR count). The summed E-state index contributed by atoms with van der Waals surface area (Å²) in [7, 11) is 3.38. The number of hydrogen-bond acceptors (Lipinski definition) is 5. The zero-order chi connectivity index (χ0) is 19.0. The number of halogens is 1. The first kappa shape index (κ1) is 17.1. The number of nitrogens with zero attached hydrogens (tertiary/aromatic N) is 6. The third-order valence-corrected chi connectivity index (χ3v) is 4.45. The van der Waals surface area contributed by atoms with Gasteiger partial charge in [-0.25, -0.2) is 14.4 Å². The van der Waals surface area contributed by atoms with Crippen molar-refractivity contribution in [3.8, 4) is 0 Å². The van der Waals surface area contributed by atoms with E-state index in [1.54, 1.807) is 26.4 Å². The first-order chi connectivity index (χ1) is 13.0. The highest BCUT2D eigenvalue weighted by molar-refractivity contribution is 5.96. The molecule has 3 aromatic rings. The van der Waals surface area contributed by atoms with Gasteiger partial charge in [0.25, 0.3) is 5.91 Å². The van der Waals surface area contributed by atoms with Crippen LogP contribution in [0, 0.1) is 5.82 Å². The molecule has 0 bridgehead atoms. The molecule has 0 saturated heterocycles. The van der Waals surface area contributed by atoms with Crippen LogP contribution in [0.3, 0.4) is 0 Å². The first-order valence-electron chi connectivity index (χ1n) is 8.58. The van der Waals surface area contributed by atoms with Crippen molar-refractivity contribution < 1.29 is 9.18 Å². The van der Waals surface area contributed by atoms with E-state index in [1.165, 1.54) is 23.2 Å². The summed E-state index contributed by atoms with van der Waals surface area (Å²) in [6.45, 7) is 1.67. The van der Waals surface area contributed by atoms with Crippen LogP contribution in [-0.4, -0.2) is 44.7 Å². The van der Waals surface area contributed by atoms with Gasteiger partial charge in [-0.2, -0.15) is 5.10 Å². The van der Waals surface area contributed by atoms with Crippen molar-refractivity contribution in [1.82, 2.24) is 24.6 Å². The van der Waals surface area contributed by atoms with E-state index in [9.17, 15) is 9.18 Å². The molecule has 1 aliphatic heterocycles. The minimum atomic E-state index is -0.251. The number of carbonyl (C=O) groups is 1. The summed E-state index contributed by atoms with van der Waals surface area (Å²) >= 11 is 0. The maximum atomic E-state index is 13.4. The Morgan fingerprint density at radius 3 is 2.78 bits per heavy atom. The Labute approximate surface area is 156 Å². The van der Waals surface area contributed by atoms with Crippen molar-refractivity contribution in [2.75, 3.05) is 19.0 Å². The van der Waals surface area contributed by atoms with Gasteiger partial charge in [-0.3, -0.25) is 9.48 Å². The predicted molar refractivity (Wildman–Crippen MR) is 97.7 cm³/mol. The summed E-state index contributed by atoms with van der Waals surface area (Å²) in [5, 5.41) is 4.61. The Morgan fingerprint density at radius 1 is 1.22 bits per heavy atom. The summed E-state index contributed by atoms with van der Waals surface area (Å²) in [4.78, 5) is 24.4. The lowest BCUT2D eigenvalue weighted by molar-refractivity contribution is 0.0822. The van der Waals surface area contributed by atoms with Gasteiger partial charge in [0.15, 0.2) is 11.5 Å². The molecule has 138 valence electrons. The summed E-state index contributed by atoms with van der Waals surface area (Å²) in [6, 6.07) is 6.51. The second kappa shape index (κ2) is 6.79. The zero-order valence-electron chi connectivity index (χ0n) is 15.1. The van der Waals surface area contributed by atoms with Gasteiger partial charge >= 0.3 is 0 Å². The number of amides is 1. The molecule has 0 unspecified atom stereocenters. The van der Waals surface area contributed by atoms with Crippen LogP contribution in [0.1, 0.15) is 27.3 Å². The van der Waals surface area contributed by atoms with Gasteiger partial charge in [0.2, 0.25) is 0 Å². The summed E-state index contributed by atoms with van der Waals surface area (Å²) < 4.78 is 15.2. The second-order valence-corrected chi connectivity index (χ2v) is 6.71. The van der Waals surface area contributed by atoms with E-state index in [1.807, 2.05) is 21.8 Å². The van der Waals surface area contributed by atoms with Gasteiger partial charge in [-0.05, 0) is 17.7 Å². The lowest BCUT2D eigenvalue weighted by Crippen LogP contribution is -2.27. The van der Waals surface area contributed by atoms with E-state index < -0.39 is 0 Å². The Kier molecular flexibility index (Phi) is 4.31. The number of aromatic nitrogens is 4. The van der Waals surface area contributed by atoms with E-state index in [0.717, 1.165) is 16.8 Å². The molecular weight excluding hydrogens is 347 g/mol. The van der Waals surface area contributed by atoms with E-state index >= 15 is 0 Å². The highest BCUT2D eigenvalue weighted by Gasteiger charge is 2.28. The third kappa shape index (κ3) is 3.38. The number of benzene rings is 1. The van der Waals surface area contributed by atoms with Gasteiger partial charge in [-0.15, -0.1) is 0 Å². The fraction of sp³-hybridized carbons (Fsp3) is 0.263. The van der Waals surface area contributed by atoms with E-state index in [4.69, 9.17) is 0 Å². The standard InChI is InChI=1S/C19H19FN6O/c1-24(2)19(27)17-18(22-7-6-21-17)25-10-14-11-26(23-16(14)12-25)9-13-4-3-5-15(20)8-13/h3-8,11H,9-10,12H2,1-2H3. The molecule has 0 spiro atoms. The molecule has 2 aromatic heterocycles. The van der Waals surface area contributed by atoms with E-state index in [2.05, 4.69) is 15.1 Å². The molecule has 0 N–H and O–H groups in total. The van der Waals surface area contributed by atoms with Crippen LogP contribution >= 0.6 is 0 Å². The van der Waals surface area contributed by atoms with Crippen LogP contribution in [0.2, 0.25) is 0 Å². The van der Waals surface area contributed by atoms with Crippen molar-refractivity contribution in [3.05, 3.63) is 71.2 Å². The third-order valence-electron chi connectivity index (χ3n) is 4.45. The van der Waals surface area contributed by atoms with Gasteiger partial charge in [-0.1, -0.05) is 12.1 Å². The molecule has 0 aliphatic carbocycles. The highest BCUT2D eigenvalue weighted by atomic mass is 19.1. The van der Waals surface area contributed by atoms with E-state index in [-0.39, 0.29) is 11.7 Å². The number of carbonyl (C=O) groups excluding carboxylic acids is 1. The SMILES string of the molecule is CN(C)C(=O)c1nccnc1N1Cc2cn(Cc3cccc(F)c3)nc2C1. The van der Waals surface area contributed by atoms with Crippen molar-refractivity contribution >= 4 is 11.7 Å². The summed E-state index contributed by atoms with van der Waals surface area (Å²) in [6.07, 6.45) is 5.07. The Hall–Kier alpha value is -3.29. The highest BCUT2D eigenvalue weighted by Crippen LogP contribution is 2.28. The van der Waals surface area contributed by atoms with Crippen LogP contribution in [0.15, 0.2) is 42.9 Å². The smallest absolute Gasteiger partial charge is 0.275 e. The predicted octanol–water partition coefficient (Wildman–Crippen LogP) is 2.08. The maximum Gasteiger partial charge on any atom is 0.275 e. The first-order valence-corrected chi connectivity index (χ1v) is 8.58. The van der Waals surface area contributed by atoms with Gasteiger partial charge in [0.1, 0.15) is 5.82 Å².